The van der Waals surface area contributed by atoms with Crippen LogP contribution < -0.4 is 4.90 Å². The van der Waals surface area contributed by atoms with Crippen LogP contribution in [0.15, 0.2) is 24.3 Å². The molecule has 20 heavy (non-hydrogen) atoms. The molecule has 0 radical (unpaired) electrons. The summed E-state index contributed by atoms with van der Waals surface area (Å²) in [5.41, 5.74) is 1.29. The molecular weight excluding hydrogens is 254 g/mol. The molecule has 0 aromatic heterocycles. The fourth-order valence-electron chi connectivity index (χ4n) is 3.39. The number of rotatable bonds is 4. The van der Waals surface area contributed by atoms with E-state index in [1.54, 1.807) is 12.1 Å². The molecular formula is C15H21N3O2. The topological polar surface area (TPSA) is 49.6 Å². The van der Waals surface area contributed by atoms with Gasteiger partial charge in [0.1, 0.15) is 0 Å². The number of nitro groups is 1. The van der Waals surface area contributed by atoms with E-state index >= 15 is 0 Å². The molecule has 2 aliphatic heterocycles. The zero-order valence-electron chi connectivity index (χ0n) is 11.7. The summed E-state index contributed by atoms with van der Waals surface area (Å²) in [7, 11) is 0. The number of hydrogen-bond donors (Lipinski definition) is 0. The number of nitrogens with zero attached hydrogens (tertiary/aromatic N) is 3. The van der Waals surface area contributed by atoms with Crippen molar-refractivity contribution >= 4 is 11.4 Å². The lowest BCUT2D eigenvalue weighted by Crippen LogP contribution is -2.39. The number of benzene rings is 1. The van der Waals surface area contributed by atoms with E-state index in [0.717, 1.165) is 18.8 Å². The van der Waals surface area contributed by atoms with Crippen molar-refractivity contribution in [2.75, 3.05) is 31.1 Å². The second kappa shape index (κ2) is 5.79. The van der Waals surface area contributed by atoms with Gasteiger partial charge in [0.15, 0.2) is 0 Å². The summed E-state index contributed by atoms with van der Waals surface area (Å²) in [6.45, 7) is 4.66. The van der Waals surface area contributed by atoms with Crippen LogP contribution >= 0.6 is 0 Å². The highest BCUT2D eigenvalue weighted by Gasteiger charge is 2.27. The molecule has 0 spiro atoms. The maximum atomic E-state index is 10.7. The first-order valence-corrected chi connectivity index (χ1v) is 7.47. The van der Waals surface area contributed by atoms with Gasteiger partial charge in [0, 0.05) is 37.0 Å². The number of likely N-dealkylation sites (tertiary alicyclic amines) is 1. The highest BCUT2D eigenvalue weighted by Crippen LogP contribution is 2.28. The van der Waals surface area contributed by atoms with Crippen LogP contribution in [0.25, 0.3) is 0 Å². The molecule has 0 N–H and O–H groups in total. The fraction of sp³-hybridized carbons (Fsp3) is 0.600. The Morgan fingerprint density at radius 3 is 2.45 bits per heavy atom. The molecule has 2 saturated heterocycles. The molecule has 0 saturated carbocycles. The van der Waals surface area contributed by atoms with Gasteiger partial charge in [-0.3, -0.25) is 10.1 Å². The monoisotopic (exact) mass is 275 g/mol. The third-order valence-corrected chi connectivity index (χ3v) is 4.44. The summed E-state index contributed by atoms with van der Waals surface area (Å²) >= 11 is 0. The summed E-state index contributed by atoms with van der Waals surface area (Å²) in [4.78, 5) is 15.3. The quantitative estimate of drug-likeness (QED) is 0.626. The van der Waals surface area contributed by atoms with Crippen molar-refractivity contribution < 1.29 is 4.92 Å². The van der Waals surface area contributed by atoms with Gasteiger partial charge in [0.2, 0.25) is 0 Å². The number of non-ortho nitro benzene ring substituents is 1. The van der Waals surface area contributed by atoms with E-state index in [2.05, 4.69) is 9.80 Å². The van der Waals surface area contributed by atoms with Crippen LogP contribution in [0.1, 0.15) is 25.7 Å². The summed E-state index contributed by atoms with van der Waals surface area (Å²) in [5.74, 6) is 0. The number of hydrogen-bond acceptors (Lipinski definition) is 4. The summed E-state index contributed by atoms with van der Waals surface area (Å²) in [6.07, 6.45) is 5.09. The van der Waals surface area contributed by atoms with E-state index in [0.29, 0.717) is 6.04 Å². The van der Waals surface area contributed by atoms with Gasteiger partial charge in [0.25, 0.3) is 5.69 Å². The standard InChI is InChI=1S/C15H21N3O2/c19-18(20)14-7-5-13(6-8-14)17-11-3-4-15(17)12-16-9-1-2-10-16/h5-8,15H,1-4,9-12H2/t15-/m0/s1. The van der Waals surface area contributed by atoms with Crippen LogP contribution in [0.3, 0.4) is 0 Å². The van der Waals surface area contributed by atoms with Gasteiger partial charge in [-0.1, -0.05) is 0 Å². The maximum Gasteiger partial charge on any atom is 0.269 e. The van der Waals surface area contributed by atoms with Crippen molar-refractivity contribution in [3.8, 4) is 0 Å². The predicted octanol–water partition coefficient (Wildman–Crippen LogP) is 2.66. The molecule has 0 amide bonds. The Kier molecular flexibility index (Phi) is 3.87. The fourth-order valence-corrected chi connectivity index (χ4v) is 3.39. The van der Waals surface area contributed by atoms with E-state index < -0.39 is 0 Å². The minimum absolute atomic E-state index is 0.170. The van der Waals surface area contributed by atoms with E-state index in [9.17, 15) is 10.1 Å². The van der Waals surface area contributed by atoms with Gasteiger partial charge < -0.3 is 9.80 Å². The SMILES string of the molecule is O=[N+]([O-])c1ccc(N2CCC[C@H]2CN2CCCC2)cc1. The minimum Gasteiger partial charge on any atom is -0.367 e. The molecule has 3 rings (SSSR count). The smallest absolute Gasteiger partial charge is 0.269 e. The average molecular weight is 275 g/mol. The molecule has 5 heteroatoms. The van der Waals surface area contributed by atoms with Gasteiger partial charge in [-0.05, 0) is 50.9 Å². The van der Waals surface area contributed by atoms with Crippen LogP contribution in [-0.4, -0.2) is 42.0 Å². The molecule has 2 heterocycles. The normalized spacial score (nSPS) is 23.4. The molecule has 1 aromatic carbocycles. The van der Waals surface area contributed by atoms with Crippen LogP contribution in [0.4, 0.5) is 11.4 Å². The Bertz CT molecular complexity index is 469. The number of anilines is 1. The van der Waals surface area contributed by atoms with Crippen molar-refractivity contribution in [3.05, 3.63) is 34.4 Å². The van der Waals surface area contributed by atoms with Crippen LogP contribution in [0.2, 0.25) is 0 Å². The average Bonchev–Trinajstić information content (AvgIpc) is 3.11. The largest absolute Gasteiger partial charge is 0.367 e. The third-order valence-electron chi connectivity index (χ3n) is 4.44. The summed E-state index contributed by atoms with van der Waals surface area (Å²) < 4.78 is 0. The predicted molar refractivity (Wildman–Crippen MR) is 79.1 cm³/mol. The van der Waals surface area contributed by atoms with Gasteiger partial charge in [-0.2, -0.15) is 0 Å². The first kappa shape index (κ1) is 13.4. The van der Waals surface area contributed by atoms with E-state index in [1.807, 2.05) is 12.1 Å². The van der Waals surface area contributed by atoms with E-state index in [4.69, 9.17) is 0 Å². The summed E-state index contributed by atoms with van der Waals surface area (Å²) in [6, 6.07) is 7.57. The Morgan fingerprint density at radius 1 is 1.10 bits per heavy atom. The lowest BCUT2D eigenvalue weighted by atomic mass is 10.2. The van der Waals surface area contributed by atoms with Gasteiger partial charge >= 0.3 is 0 Å². The third kappa shape index (κ3) is 2.77. The van der Waals surface area contributed by atoms with Crippen molar-refractivity contribution in [2.24, 2.45) is 0 Å². The molecule has 2 fully saturated rings. The Labute approximate surface area is 119 Å². The highest BCUT2D eigenvalue weighted by molar-refractivity contribution is 5.52. The van der Waals surface area contributed by atoms with Crippen molar-refractivity contribution in [1.82, 2.24) is 4.90 Å². The van der Waals surface area contributed by atoms with Crippen molar-refractivity contribution in [3.63, 3.8) is 0 Å². The lowest BCUT2D eigenvalue weighted by Gasteiger charge is -2.30. The van der Waals surface area contributed by atoms with Gasteiger partial charge in [0.05, 0.1) is 4.92 Å². The van der Waals surface area contributed by atoms with Gasteiger partial charge in [-0.15, -0.1) is 0 Å². The molecule has 2 aliphatic rings. The Morgan fingerprint density at radius 2 is 1.80 bits per heavy atom. The first-order chi connectivity index (χ1) is 9.74. The lowest BCUT2D eigenvalue weighted by molar-refractivity contribution is -0.384. The molecule has 5 nitrogen and oxygen atoms in total. The van der Waals surface area contributed by atoms with Crippen LogP contribution in [0, 0.1) is 10.1 Å². The Balaban J connectivity index is 1.69. The zero-order valence-corrected chi connectivity index (χ0v) is 11.7. The minimum atomic E-state index is -0.338. The van der Waals surface area contributed by atoms with Crippen molar-refractivity contribution in [2.45, 2.75) is 31.7 Å². The molecule has 108 valence electrons. The van der Waals surface area contributed by atoms with Gasteiger partial charge in [-0.25, -0.2) is 0 Å². The van der Waals surface area contributed by atoms with E-state index in [-0.39, 0.29) is 10.6 Å². The molecule has 0 aliphatic carbocycles. The number of nitro benzene ring substituents is 1. The molecule has 1 aromatic rings. The molecule has 0 bridgehead atoms. The molecule has 0 unspecified atom stereocenters. The first-order valence-electron chi connectivity index (χ1n) is 7.47. The second-order valence-corrected chi connectivity index (χ2v) is 5.77. The van der Waals surface area contributed by atoms with E-state index in [1.165, 1.54) is 38.8 Å². The Hall–Kier alpha value is -1.62. The summed E-state index contributed by atoms with van der Waals surface area (Å²) in [5, 5.41) is 10.7. The van der Waals surface area contributed by atoms with Crippen LogP contribution in [-0.2, 0) is 0 Å². The molecule has 1 atom stereocenters. The maximum absolute atomic E-state index is 10.7. The van der Waals surface area contributed by atoms with Crippen LogP contribution in [0.5, 0.6) is 0 Å². The highest BCUT2D eigenvalue weighted by atomic mass is 16.6. The zero-order chi connectivity index (χ0) is 13.9. The second-order valence-electron chi connectivity index (χ2n) is 5.77. The van der Waals surface area contributed by atoms with Crippen molar-refractivity contribution in [1.29, 1.82) is 0 Å².